The number of carbonyl (C=O) groups is 2. The number of alkyl halides is 3. The number of rotatable bonds is 3. The van der Waals surface area contributed by atoms with E-state index >= 15 is 0 Å². The first-order valence-electron chi connectivity index (χ1n) is 6.26. The zero-order valence-corrected chi connectivity index (χ0v) is 13.1. The Hall–Kier alpha value is -0.710. The van der Waals surface area contributed by atoms with Crippen LogP contribution in [-0.2, 0) is 4.74 Å². The van der Waals surface area contributed by atoms with E-state index in [0.717, 1.165) is 25.7 Å². The number of halogens is 3. The fourth-order valence-corrected chi connectivity index (χ4v) is 2.85. The van der Waals surface area contributed by atoms with Gasteiger partial charge in [0.1, 0.15) is 5.69 Å². The zero-order valence-electron chi connectivity index (χ0n) is 10.9. The quantitative estimate of drug-likeness (QED) is 0.476. The van der Waals surface area contributed by atoms with Gasteiger partial charge >= 0.3 is 5.97 Å². The fourth-order valence-electron chi connectivity index (χ4n) is 2.52. The number of aromatic nitrogens is 1. The van der Waals surface area contributed by atoms with E-state index in [1.807, 2.05) is 0 Å². The minimum absolute atomic E-state index is 0.182. The van der Waals surface area contributed by atoms with Crippen molar-refractivity contribution in [2.24, 2.45) is 0 Å². The molecule has 0 aromatic carbocycles. The highest BCUT2D eigenvalue weighted by atomic mass is 35.6. The summed E-state index contributed by atoms with van der Waals surface area (Å²) in [7, 11) is 1.30. The predicted octanol–water partition coefficient (Wildman–Crippen LogP) is 3.94. The molecule has 1 aliphatic carbocycles. The average molecular weight is 339 g/mol. The molecule has 1 saturated carbocycles. The molecule has 1 aromatic heterocycles. The maximum absolute atomic E-state index is 12.0. The average Bonchev–Trinajstić information content (AvgIpc) is 3.04. The normalized spacial score (nSPS) is 16.4. The van der Waals surface area contributed by atoms with E-state index in [0.29, 0.717) is 5.69 Å². The summed E-state index contributed by atoms with van der Waals surface area (Å²) < 4.78 is 4.48. The Morgan fingerprint density at radius 2 is 1.90 bits per heavy atom. The molecule has 0 aliphatic heterocycles. The summed E-state index contributed by atoms with van der Waals surface area (Å²) in [4.78, 5) is 23.8. The number of methoxy groups -OCH3 is 1. The Kier molecular flexibility index (Phi) is 4.67. The Morgan fingerprint density at radius 3 is 2.40 bits per heavy atom. The van der Waals surface area contributed by atoms with Crippen molar-refractivity contribution in [3.05, 3.63) is 23.5 Å². The molecule has 0 bridgehead atoms. The predicted molar refractivity (Wildman–Crippen MR) is 77.9 cm³/mol. The van der Waals surface area contributed by atoms with Crippen LogP contribution in [0.4, 0.5) is 0 Å². The highest BCUT2D eigenvalue weighted by Gasteiger charge is 2.34. The summed E-state index contributed by atoms with van der Waals surface area (Å²) in [5, 5.41) is 0. The molecular formula is C13H14Cl3NO3. The number of carbonyl (C=O) groups excluding carboxylic acids is 2. The van der Waals surface area contributed by atoms with Gasteiger partial charge in [-0.3, -0.25) is 4.79 Å². The fraction of sp³-hybridized carbons (Fsp3) is 0.538. The van der Waals surface area contributed by atoms with Crippen molar-refractivity contribution in [2.75, 3.05) is 7.11 Å². The number of esters is 1. The van der Waals surface area contributed by atoms with Crippen LogP contribution in [0.15, 0.2) is 12.3 Å². The molecule has 20 heavy (non-hydrogen) atoms. The molecule has 1 heterocycles. The number of ether oxygens (including phenoxy) is 1. The maximum atomic E-state index is 12.0. The Morgan fingerprint density at radius 1 is 1.30 bits per heavy atom. The summed E-state index contributed by atoms with van der Waals surface area (Å²) in [5.41, 5.74) is 0.523. The number of Topliss-reactive ketones (excluding diaryl/α,β-unsaturated/α-hetero) is 1. The first kappa shape index (κ1) is 15.7. The highest BCUT2D eigenvalue weighted by Crippen LogP contribution is 2.35. The molecule has 0 saturated heterocycles. The Labute approximate surface area is 131 Å². The van der Waals surface area contributed by atoms with Crippen LogP contribution >= 0.6 is 34.8 Å². The molecule has 1 aromatic rings. The van der Waals surface area contributed by atoms with Crippen molar-refractivity contribution in [1.29, 1.82) is 0 Å². The third-order valence-corrected chi connectivity index (χ3v) is 4.00. The van der Waals surface area contributed by atoms with Crippen LogP contribution in [0.25, 0.3) is 0 Å². The van der Waals surface area contributed by atoms with Gasteiger partial charge in [-0.25, -0.2) is 4.79 Å². The SMILES string of the molecule is COC(=O)c1cc(C(=O)C(Cl)(Cl)Cl)cn1C1CCCC1. The Bertz CT molecular complexity index is 527. The molecule has 4 nitrogen and oxygen atoms in total. The van der Waals surface area contributed by atoms with E-state index in [4.69, 9.17) is 39.5 Å². The number of ketones is 1. The van der Waals surface area contributed by atoms with Crippen LogP contribution in [-0.4, -0.2) is 27.2 Å². The molecule has 2 rings (SSSR count). The number of nitrogens with zero attached hydrogens (tertiary/aromatic N) is 1. The lowest BCUT2D eigenvalue weighted by Gasteiger charge is -2.14. The first-order valence-corrected chi connectivity index (χ1v) is 7.39. The van der Waals surface area contributed by atoms with Crippen LogP contribution < -0.4 is 0 Å². The minimum Gasteiger partial charge on any atom is -0.464 e. The zero-order chi connectivity index (χ0) is 14.9. The second kappa shape index (κ2) is 5.96. The van der Waals surface area contributed by atoms with Gasteiger partial charge in [-0.2, -0.15) is 0 Å². The topological polar surface area (TPSA) is 48.3 Å². The van der Waals surface area contributed by atoms with Crippen LogP contribution in [0, 0.1) is 0 Å². The molecule has 110 valence electrons. The van der Waals surface area contributed by atoms with Gasteiger partial charge in [-0.1, -0.05) is 47.6 Å². The van der Waals surface area contributed by atoms with Crippen molar-refractivity contribution in [2.45, 2.75) is 35.5 Å². The maximum Gasteiger partial charge on any atom is 0.354 e. The van der Waals surface area contributed by atoms with Gasteiger partial charge in [0.2, 0.25) is 5.78 Å². The van der Waals surface area contributed by atoms with Gasteiger partial charge in [-0.05, 0) is 18.9 Å². The van der Waals surface area contributed by atoms with E-state index < -0.39 is 15.5 Å². The van der Waals surface area contributed by atoms with Crippen molar-refractivity contribution < 1.29 is 14.3 Å². The largest absolute Gasteiger partial charge is 0.464 e. The lowest BCUT2D eigenvalue weighted by atomic mass is 10.2. The van der Waals surface area contributed by atoms with Crippen LogP contribution in [0.1, 0.15) is 52.6 Å². The molecule has 0 unspecified atom stereocenters. The monoisotopic (exact) mass is 337 g/mol. The van der Waals surface area contributed by atoms with Gasteiger partial charge < -0.3 is 9.30 Å². The van der Waals surface area contributed by atoms with E-state index in [9.17, 15) is 9.59 Å². The number of hydrogen-bond donors (Lipinski definition) is 0. The van der Waals surface area contributed by atoms with Crippen molar-refractivity contribution >= 4 is 46.6 Å². The van der Waals surface area contributed by atoms with E-state index in [1.54, 1.807) is 10.8 Å². The molecule has 0 amide bonds. The molecule has 7 heteroatoms. The molecule has 0 atom stereocenters. The van der Waals surface area contributed by atoms with Crippen LogP contribution in [0.5, 0.6) is 0 Å². The third kappa shape index (κ3) is 3.13. The summed E-state index contributed by atoms with van der Waals surface area (Å²) in [6.07, 6.45) is 5.68. The van der Waals surface area contributed by atoms with Crippen LogP contribution in [0.2, 0.25) is 0 Å². The molecule has 0 spiro atoms. The smallest absolute Gasteiger partial charge is 0.354 e. The van der Waals surface area contributed by atoms with Crippen molar-refractivity contribution in [3.63, 3.8) is 0 Å². The minimum atomic E-state index is -2.03. The molecule has 1 fully saturated rings. The lowest BCUT2D eigenvalue weighted by molar-refractivity contribution is 0.0586. The summed E-state index contributed by atoms with van der Waals surface area (Å²) in [5.74, 6) is -1.15. The molecule has 0 radical (unpaired) electrons. The molecule has 1 aliphatic rings. The summed E-state index contributed by atoms with van der Waals surface area (Å²) in [6, 6.07) is 1.61. The summed E-state index contributed by atoms with van der Waals surface area (Å²) >= 11 is 16.8. The second-order valence-corrected chi connectivity index (χ2v) is 7.06. The van der Waals surface area contributed by atoms with Crippen molar-refractivity contribution in [3.8, 4) is 0 Å². The van der Waals surface area contributed by atoms with Gasteiger partial charge in [0.05, 0.1) is 7.11 Å². The lowest BCUT2D eigenvalue weighted by Crippen LogP contribution is -2.18. The summed E-state index contributed by atoms with van der Waals surface area (Å²) in [6.45, 7) is 0. The molecule has 0 N–H and O–H groups in total. The number of hydrogen-bond acceptors (Lipinski definition) is 3. The van der Waals surface area contributed by atoms with Gasteiger partial charge in [0, 0.05) is 17.8 Å². The molecular weight excluding hydrogens is 325 g/mol. The van der Waals surface area contributed by atoms with Gasteiger partial charge in [-0.15, -0.1) is 0 Å². The van der Waals surface area contributed by atoms with Crippen molar-refractivity contribution in [1.82, 2.24) is 4.57 Å². The van der Waals surface area contributed by atoms with E-state index in [2.05, 4.69) is 0 Å². The van der Waals surface area contributed by atoms with Crippen LogP contribution in [0.3, 0.4) is 0 Å². The van der Waals surface area contributed by atoms with E-state index in [-0.39, 0.29) is 11.6 Å². The van der Waals surface area contributed by atoms with E-state index in [1.165, 1.54) is 13.2 Å². The Balaban J connectivity index is 2.41. The third-order valence-electron chi connectivity index (χ3n) is 3.48. The van der Waals surface area contributed by atoms with Gasteiger partial charge in [0.15, 0.2) is 0 Å². The first-order chi connectivity index (χ1) is 9.34. The highest BCUT2D eigenvalue weighted by molar-refractivity contribution is 6.77. The second-order valence-electron chi connectivity index (χ2n) is 4.78. The standard InChI is InChI=1S/C13H14Cl3NO3/c1-20-12(19)10-6-8(11(18)13(14,15)16)7-17(10)9-4-2-3-5-9/h6-7,9H,2-5H2,1H3. The van der Waals surface area contributed by atoms with Gasteiger partial charge in [0.25, 0.3) is 3.79 Å².